The lowest BCUT2D eigenvalue weighted by atomic mass is 10.0. The zero-order valence-electron chi connectivity index (χ0n) is 13.7. The number of nitrogens with two attached hydrogens (primary N) is 1. The lowest BCUT2D eigenvalue weighted by molar-refractivity contribution is 0.144. The molecule has 1 fully saturated rings. The Morgan fingerprint density at radius 1 is 1.00 bits per heavy atom. The van der Waals surface area contributed by atoms with Crippen molar-refractivity contribution in [2.45, 2.75) is 38.5 Å². The van der Waals surface area contributed by atoms with Crippen LogP contribution in [-0.4, -0.2) is 24.0 Å². The van der Waals surface area contributed by atoms with Gasteiger partial charge < -0.3 is 10.5 Å². The van der Waals surface area contributed by atoms with E-state index in [2.05, 4.69) is 35.2 Å². The number of rotatable bonds is 6. The molecule has 0 saturated carbocycles. The molecule has 3 rings (SSSR count). The summed E-state index contributed by atoms with van der Waals surface area (Å²) in [7, 11) is 0. The van der Waals surface area contributed by atoms with Gasteiger partial charge in [-0.3, -0.25) is 4.90 Å². The minimum atomic E-state index is 0.526. The monoisotopic (exact) mass is 310 g/mol. The Balaban J connectivity index is 1.60. The molecule has 0 spiro atoms. The molecule has 1 atom stereocenters. The fraction of sp³-hybridized carbons (Fsp3) is 0.400. The van der Waals surface area contributed by atoms with Crippen LogP contribution in [0.5, 0.6) is 5.75 Å². The van der Waals surface area contributed by atoms with Gasteiger partial charge in [0.15, 0.2) is 0 Å². The Morgan fingerprint density at radius 3 is 2.65 bits per heavy atom. The molecule has 0 aromatic heterocycles. The summed E-state index contributed by atoms with van der Waals surface area (Å²) < 4.78 is 5.93. The molecule has 0 aliphatic carbocycles. The molecule has 23 heavy (non-hydrogen) atoms. The van der Waals surface area contributed by atoms with Crippen LogP contribution in [-0.2, 0) is 13.2 Å². The second-order valence-corrected chi connectivity index (χ2v) is 6.28. The van der Waals surface area contributed by atoms with E-state index >= 15 is 0 Å². The molecule has 2 aromatic rings. The summed E-state index contributed by atoms with van der Waals surface area (Å²) in [6.07, 6.45) is 3.81. The molecule has 3 nitrogen and oxygen atoms in total. The third kappa shape index (κ3) is 4.57. The van der Waals surface area contributed by atoms with Crippen LogP contribution in [0.2, 0.25) is 0 Å². The van der Waals surface area contributed by atoms with Gasteiger partial charge in [-0.2, -0.15) is 0 Å². The van der Waals surface area contributed by atoms with Crippen LogP contribution in [0.15, 0.2) is 54.6 Å². The van der Waals surface area contributed by atoms with E-state index in [9.17, 15) is 0 Å². The van der Waals surface area contributed by atoms with Gasteiger partial charge in [-0.05, 0) is 42.6 Å². The fourth-order valence-corrected chi connectivity index (χ4v) is 3.24. The molecule has 1 saturated heterocycles. The number of ether oxygens (including phenoxy) is 1. The molecule has 0 bridgehead atoms. The standard InChI is InChI=1S/C20H26N2O/c21-14-19-10-4-5-12-22(19)15-18-9-6-11-20(13-18)23-16-17-7-2-1-3-8-17/h1-3,6-9,11,13,19H,4-5,10,12,14-16,21H2. The minimum absolute atomic E-state index is 0.526. The van der Waals surface area contributed by atoms with E-state index in [1.807, 2.05) is 24.3 Å². The van der Waals surface area contributed by atoms with Crippen molar-refractivity contribution in [3.05, 3.63) is 65.7 Å². The zero-order valence-corrected chi connectivity index (χ0v) is 13.7. The summed E-state index contributed by atoms with van der Waals surface area (Å²) >= 11 is 0. The number of piperidine rings is 1. The summed E-state index contributed by atoms with van der Waals surface area (Å²) in [6, 6.07) is 19.3. The van der Waals surface area contributed by atoms with Crippen molar-refractivity contribution in [2.75, 3.05) is 13.1 Å². The van der Waals surface area contributed by atoms with Crippen LogP contribution in [0.1, 0.15) is 30.4 Å². The molecule has 0 radical (unpaired) electrons. The van der Waals surface area contributed by atoms with Gasteiger partial charge >= 0.3 is 0 Å². The van der Waals surface area contributed by atoms with Crippen LogP contribution in [0.4, 0.5) is 0 Å². The third-order valence-electron chi connectivity index (χ3n) is 4.55. The quantitative estimate of drug-likeness (QED) is 0.886. The Labute approximate surface area is 139 Å². The van der Waals surface area contributed by atoms with Crippen molar-refractivity contribution in [1.29, 1.82) is 0 Å². The van der Waals surface area contributed by atoms with Gasteiger partial charge in [0.25, 0.3) is 0 Å². The minimum Gasteiger partial charge on any atom is -0.489 e. The Hall–Kier alpha value is -1.84. The molecule has 3 heteroatoms. The van der Waals surface area contributed by atoms with Crippen molar-refractivity contribution in [2.24, 2.45) is 5.73 Å². The number of benzene rings is 2. The van der Waals surface area contributed by atoms with Gasteiger partial charge in [0.05, 0.1) is 0 Å². The van der Waals surface area contributed by atoms with Gasteiger partial charge in [0.2, 0.25) is 0 Å². The molecule has 2 N–H and O–H groups in total. The van der Waals surface area contributed by atoms with Crippen LogP contribution in [0.25, 0.3) is 0 Å². The first kappa shape index (κ1) is 16.0. The van der Waals surface area contributed by atoms with E-state index in [-0.39, 0.29) is 0 Å². The molecule has 1 aliphatic rings. The first-order chi connectivity index (χ1) is 11.3. The molecule has 122 valence electrons. The smallest absolute Gasteiger partial charge is 0.120 e. The maximum Gasteiger partial charge on any atom is 0.120 e. The van der Waals surface area contributed by atoms with E-state index in [0.29, 0.717) is 12.6 Å². The highest BCUT2D eigenvalue weighted by molar-refractivity contribution is 5.29. The maximum absolute atomic E-state index is 5.93. The molecule has 1 unspecified atom stereocenters. The van der Waals surface area contributed by atoms with E-state index in [1.54, 1.807) is 0 Å². The summed E-state index contributed by atoms with van der Waals surface area (Å²) in [5.74, 6) is 0.938. The van der Waals surface area contributed by atoms with Gasteiger partial charge in [-0.1, -0.05) is 48.9 Å². The summed E-state index contributed by atoms with van der Waals surface area (Å²) in [5.41, 5.74) is 8.42. The number of likely N-dealkylation sites (tertiary alicyclic amines) is 1. The van der Waals surface area contributed by atoms with E-state index in [4.69, 9.17) is 10.5 Å². The predicted molar refractivity (Wildman–Crippen MR) is 94.3 cm³/mol. The van der Waals surface area contributed by atoms with Crippen molar-refractivity contribution >= 4 is 0 Å². The lowest BCUT2D eigenvalue weighted by Gasteiger charge is -2.35. The van der Waals surface area contributed by atoms with Crippen molar-refractivity contribution in [3.8, 4) is 5.75 Å². The molecular formula is C20H26N2O. The van der Waals surface area contributed by atoms with Crippen LogP contribution in [0.3, 0.4) is 0 Å². The van der Waals surface area contributed by atoms with Gasteiger partial charge in [0, 0.05) is 19.1 Å². The van der Waals surface area contributed by atoms with Crippen molar-refractivity contribution in [3.63, 3.8) is 0 Å². The second-order valence-electron chi connectivity index (χ2n) is 6.28. The van der Waals surface area contributed by atoms with Crippen LogP contribution >= 0.6 is 0 Å². The third-order valence-corrected chi connectivity index (χ3v) is 4.55. The molecule has 1 heterocycles. The topological polar surface area (TPSA) is 38.5 Å². The Bertz CT molecular complexity index is 600. The largest absolute Gasteiger partial charge is 0.489 e. The average Bonchev–Trinajstić information content (AvgIpc) is 2.62. The van der Waals surface area contributed by atoms with E-state index in [0.717, 1.165) is 25.4 Å². The highest BCUT2D eigenvalue weighted by Gasteiger charge is 2.20. The van der Waals surface area contributed by atoms with E-state index < -0.39 is 0 Å². The molecule has 0 amide bonds. The van der Waals surface area contributed by atoms with Gasteiger partial charge in [-0.15, -0.1) is 0 Å². The fourth-order valence-electron chi connectivity index (χ4n) is 3.24. The summed E-state index contributed by atoms with van der Waals surface area (Å²) in [5, 5.41) is 0. The average molecular weight is 310 g/mol. The summed E-state index contributed by atoms with van der Waals surface area (Å²) in [6.45, 7) is 3.48. The Morgan fingerprint density at radius 2 is 1.83 bits per heavy atom. The van der Waals surface area contributed by atoms with E-state index in [1.165, 1.54) is 30.4 Å². The lowest BCUT2D eigenvalue weighted by Crippen LogP contribution is -2.43. The summed E-state index contributed by atoms with van der Waals surface area (Å²) in [4.78, 5) is 2.51. The normalized spacial score (nSPS) is 18.7. The zero-order chi connectivity index (χ0) is 15.9. The van der Waals surface area contributed by atoms with Crippen molar-refractivity contribution in [1.82, 2.24) is 4.90 Å². The van der Waals surface area contributed by atoms with Crippen LogP contribution in [0, 0.1) is 0 Å². The molecule has 2 aromatic carbocycles. The SMILES string of the molecule is NCC1CCCCN1Cc1cccc(OCc2ccccc2)c1. The molecule has 1 aliphatic heterocycles. The van der Waals surface area contributed by atoms with Gasteiger partial charge in [-0.25, -0.2) is 0 Å². The molecular weight excluding hydrogens is 284 g/mol. The number of nitrogens with zero attached hydrogens (tertiary/aromatic N) is 1. The maximum atomic E-state index is 5.93. The van der Waals surface area contributed by atoms with Crippen LogP contribution < -0.4 is 10.5 Å². The number of hydrogen-bond donors (Lipinski definition) is 1. The highest BCUT2D eigenvalue weighted by atomic mass is 16.5. The second kappa shape index (κ2) is 8.14. The Kier molecular flexibility index (Phi) is 5.67. The first-order valence-electron chi connectivity index (χ1n) is 8.55. The van der Waals surface area contributed by atoms with Gasteiger partial charge in [0.1, 0.15) is 12.4 Å². The number of hydrogen-bond acceptors (Lipinski definition) is 3. The predicted octanol–water partition coefficient (Wildman–Crippen LogP) is 3.58. The van der Waals surface area contributed by atoms with Crippen molar-refractivity contribution < 1.29 is 4.74 Å². The first-order valence-corrected chi connectivity index (χ1v) is 8.55. The highest BCUT2D eigenvalue weighted by Crippen LogP contribution is 2.21.